The fourth-order valence-electron chi connectivity index (χ4n) is 3.91. The second kappa shape index (κ2) is 8.64. The third-order valence-corrected chi connectivity index (χ3v) is 5.79. The first-order valence-electron chi connectivity index (χ1n) is 10.4. The molecular weight excluding hydrogens is 421 g/mol. The van der Waals surface area contributed by atoms with Crippen LogP contribution in [0.15, 0.2) is 48.5 Å². The SMILES string of the molecule is CC(NC(=O)C1CCN(C(=O)c2ccc(C(F)(F)F)cc2)CC1)c1nc2ccccc2[nH]1. The topological polar surface area (TPSA) is 78.1 Å². The Hall–Kier alpha value is -3.36. The lowest BCUT2D eigenvalue weighted by Gasteiger charge is -2.32. The van der Waals surface area contributed by atoms with Gasteiger partial charge in [0.2, 0.25) is 5.91 Å². The molecule has 0 bridgehead atoms. The van der Waals surface area contributed by atoms with E-state index in [1.165, 1.54) is 12.1 Å². The molecule has 32 heavy (non-hydrogen) atoms. The van der Waals surface area contributed by atoms with Crippen LogP contribution < -0.4 is 5.32 Å². The summed E-state index contributed by atoms with van der Waals surface area (Å²) in [6, 6.07) is 11.5. The number of piperidine rings is 1. The van der Waals surface area contributed by atoms with Gasteiger partial charge in [-0.1, -0.05) is 12.1 Å². The number of carbonyl (C=O) groups is 2. The van der Waals surface area contributed by atoms with Gasteiger partial charge in [-0.25, -0.2) is 4.98 Å². The van der Waals surface area contributed by atoms with Gasteiger partial charge in [0.15, 0.2) is 0 Å². The number of aromatic amines is 1. The summed E-state index contributed by atoms with van der Waals surface area (Å²) >= 11 is 0. The van der Waals surface area contributed by atoms with E-state index in [2.05, 4.69) is 15.3 Å². The van der Waals surface area contributed by atoms with Crippen molar-refractivity contribution in [2.24, 2.45) is 5.92 Å². The summed E-state index contributed by atoms with van der Waals surface area (Å²) in [6.45, 7) is 2.60. The Balaban J connectivity index is 1.31. The van der Waals surface area contributed by atoms with Crippen molar-refractivity contribution >= 4 is 22.8 Å². The molecule has 1 aliphatic rings. The molecule has 3 aromatic rings. The molecule has 1 atom stereocenters. The summed E-state index contributed by atoms with van der Waals surface area (Å²) in [5.74, 6) is 0.0146. The summed E-state index contributed by atoms with van der Waals surface area (Å²) in [4.78, 5) is 34.6. The first kappa shape index (κ1) is 21.9. The summed E-state index contributed by atoms with van der Waals surface area (Å²) in [7, 11) is 0. The molecule has 1 fully saturated rings. The maximum atomic E-state index is 12.7. The third kappa shape index (κ3) is 4.61. The number of carbonyl (C=O) groups excluding carboxylic acids is 2. The van der Waals surface area contributed by atoms with Crippen LogP contribution >= 0.6 is 0 Å². The van der Waals surface area contributed by atoms with Crippen LogP contribution in [0, 0.1) is 5.92 Å². The van der Waals surface area contributed by atoms with Crippen LogP contribution in [0.3, 0.4) is 0 Å². The lowest BCUT2D eigenvalue weighted by molar-refractivity contribution is -0.137. The van der Waals surface area contributed by atoms with Gasteiger partial charge in [0.1, 0.15) is 5.82 Å². The smallest absolute Gasteiger partial charge is 0.346 e. The lowest BCUT2D eigenvalue weighted by atomic mass is 9.95. The molecule has 0 saturated carbocycles. The van der Waals surface area contributed by atoms with Gasteiger partial charge < -0.3 is 15.2 Å². The third-order valence-electron chi connectivity index (χ3n) is 5.79. The number of para-hydroxylation sites is 2. The number of hydrogen-bond acceptors (Lipinski definition) is 3. The van der Waals surface area contributed by atoms with E-state index >= 15 is 0 Å². The van der Waals surface area contributed by atoms with Gasteiger partial charge in [0.25, 0.3) is 5.91 Å². The highest BCUT2D eigenvalue weighted by atomic mass is 19.4. The van der Waals surface area contributed by atoms with E-state index < -0.39 is 11.7 Å². The zero-order valence-electron chi connectivity index (χ0n) is 17.4. The van der Waals surface area contributed by atoms with Crippen LogP contribution in [-0.4, -0.2) is 39.8 Å². The van der Waals surface area contributed by atoms with Gasteiger partial charge in [0, 0.05) is 24.6 Å². The minimum absolute atomic E-state index is 0.0976. The number of nitrogens with one attached hydrogen (secondary N) is 2. The number of benzene rings is 2. The number of aromatic nitrogens is 2. The monoisotopic (exact) mass is 444 g/mol. The van der Waals surface area contributed by atoms with E-state index in [9.17, 15) is 22.8 Å². The molecule has 1 saturated heterocycles. The maximum Gasteiger partial charge on any atom is 0.416 e. The van der Waals surface area contributed by atoms with Crippen LogP contribution in [0.1, 0.15) is 47.6 Å². The number of imidazole rings is 1. The average molecular weight is 444 g/mol. The highest BCUT2D eigenvalue weighted by molar-refractivity contribution is 5.94. The molecule has 168 valence electrons. The Kier molecular flexibility index (Phi) is 5.90. The number of likely N-dealkylation sites (tertiary alicyclic amines) is 1. The van der Waals surface area contributed by atoms with Crippen molar-refractivity contribution in [1.29, 1.82) is 0 Å². The summed E-state index contributed by atoms with van der Waals surface area (Å²) < 4.78 is 38.1. The van der Waals surface area contributed by atoms with Crippen molar-refractivity contribution in [3.63, 3.8) is 0 Å². The molecule has 2 N–H and O–H groups in total. The van der Waals surface area contributed by atoms with Crippen LogP contribution in [0.2, 0.25) is 0 Å². The minimum atomic E-state index is -4.44. The van der Waals surface area contributed by atoms with Crippen molar-refractivity contribution < 1.29 is 22.8 Å². The first-order chi connectivity index (χ1) is 15.2. The van der Waals surface area contributed by atoms with E-state index in [4.69, 9.17) is 0 Å². The van der Waals surface area contributed by atoms with E-state index in [-0.39, 0.29) is 29.3 Å². The molecular formula is C23H23F3N4O2. The normalized spacial score (nSPS) is 16.2. The van der Waals surface area contributed by atoms with Crippen molar-refractivity contribution in [2.45, 2.75) is 32.0 Å². The Bertz CT molecular complexity index is 1080. The van der Waals surface area contributed by atoms with Crippen molar-refractivity contribution in [3.8, 4) is 0 Å². The average Bonchev–Trinajstić information content (AvgIpc) is 3.23. The molecule has 0 radical (unpaired) electrons. The fraction of sp³-hybridized carbons (Fsp3) is 0.348. The number of hydrogen-bond donors (Lipinski definition) is 2. The van der Waals surface area contributed by atoms with Crippen molar-refractivity contribution in [2.75, 3.05) is 13.1 Å². The lowest BCUT2D eigenvalue weighted by Crippen LogP contribution is -2.43. The number of fused-ring (bicyclic) bond motifs is 1. The molecule has 2 amide bonds. The molecule has 0 aliphatic carbocycles. The number of amides is 2. The maximum absolute atomic E-state index is 12.7. The Morgan fingerprint density at radius 2 is 1.75 bits per heavy atom. The van der Waals surface area contributed by atoms with E-state index in [0.717, 1.165) is 23.2 Å². The second-order valence-electron chi connectivity index (χ2n) is 8.01. The predicted octanol–water partition coefficient (Wildman–Crippen LogP) is 4.31. The molecule has 9 heteroatoms. The fourth-order valence-corrected chi connectivity index (χ4v) is 3.91. The van der Waals surface area contributed by atoms with Gasteiger partial charge in [-0.3, -0.25) is 9.59 Å². The van der Waals surface area contributed by atoms with Gasteiger partial charge in [-0.15, -0.1) is 0 Å². The Morgan fingerprint density at radius 1 is 1.09 bits per heavy atom. The first-order valence-corrected chi connectivity index (χ1v) is 10.4. The van der Waals surface area contributed by atoms with Crippen molar-refractivity contribution in [1.82, 2.24) is 20.2 Å². The predicted molar refractivity (Wildman–Crippen MR) is 113 cm³/mol. The second-order valence-corrected chi connectivity index (χ2v) is 8.01. The largest absolute Gasteiger partial charge is 0.416 e. The van der Waals surface area contributed by atoms with E-state index in [1.807, 2.05) is 31.2 Å². The Labute approximate surface area is 182 Å². The summed E-state index contributed by atoms with van der Waals surface area (Å²) in [5, 5.41) is 2.98. The quantitative estimate of drug-likeness (QED) is 0.630. The molecule has 1 unspecified atom stereocenters. The molecule has 1 aliphatic heterocycles. The highest BCUT2D eigenvalue weighted by Gasteiger charge is 2.32. The van der Waals surface area contributed by atoms with E-state index in [1.54, 1.807) is 4.90 Å². The van der Waals surface area contributed by atoms with Gasteiger partial charge in [-0.05, 0) is 56.2 Å². The summed E-state index contributed by atoms with van der Waals surface area (Å²) in [6.07, 6.45) is -3.46. The molecule has 6 nitrogen and oxygen atoms in total. The van der Waals surface area contributed by atoms with Gasteiger partial charge >= 0.3 is 6.18 Å². The number of halogens is 3. The Morgan fingerprint density at radius 3 is 2.38 bits per heavy atom. The molecule has 0 spiro atoms. The van der Waals surface area contributed by atoms with Gasteiger partial charge in [-0.2, -0.15) is 13.2 Å². The molecule has 2 heterocycles. The number of alkyl halides is 3. The number of nitrogens with zero attached hydrogens (tertiary/aromatic N) is 2. The number of rotatable bonds is 4. The van der Waals surface area contributed by atoms with Crippen LogP contribution in [0.25, 0.3) is 11.0 Å². The summed E-state index contributed by atoms with van der Waals surface area (Å²) in [5.41, 5.74) is 1.15. The standard InChI is InChI=1S/C23H23F3N4O2/c1-14(20-28-18-4-2-3-5-19(18)29-20)27-21(31)15-10-12-30(13-11-15)22(32)16-6-8-17(9-7-16)23(24,25)26/h2-9,14-15H,10-13H2,1H3,(H,27,31)(H,28,29). The van der Waals surface area contributed by atoms with Crippen LogP contribution in [0.4, 0.5) is 13.2 Å². The zero-order valence-corrected chi connectivity index (χ0v) is 17.4. The molecule has 1 aromatic heterocycles. The van der Waals surface area contributed by atoms with Gasteiger partial charge in [0.05, 0.1) is 22.6 Å². The molecule has 4 rings (SSSR count). The van der Waals surface area contributed by atoms with Crippen molar-refractivity contribution in [3.05, 3.63) is 65.5 Å². The highest BCUT2D eigenvalue weighted by Crippen LogP contribution is 2.29. The minimum Gasteiger partial charge on any atom is -0.346 e. The van der Waals surface area contributed by atoms with E-state index in [0.29, 0.717) is 31.8 Å². The van der Waals surface area contributed by atoms with Crippen LogP contribution in [-0.2, 0) is 11.0 Å². The zero-order chi connectivity index (χ0) is 22.9. The van der Waals surface area contributed by atoms with Crippen LogP contribution in [0.5, 0.6) is 0 Å². The number of H-pyrrole nitrogens is 1. The molecule has 2 aromatic carbocycles.